The first-order valence-electron chi connectivity index (χ1n) is 7.87. The number of ether oxygens (including phenoxy) is 1. The second-order valence-electron chi connectivity index (χ2n) is 7.46. The fourth-order valence-electron chi connectivity index (χ4n) is 2.58. The highest BCUT2D eigenvalue weighted by Crippen LogP contribution is 2.26. The van der Waals surface area contributed by atoms with Gasteiger partial charge >= 0.3 is 6.09 Å². The molecule has 22 heavy (non-hydrogen) atoms. The fraction of sp³-hybridized carbons (Fsp3) is 0.933. The Labute approximate surface area is 134 Å². The first kappa shape index (κ1) is 19.2. The molecule has 1 aliphatic carbocycles. The summed E-state index contributed by atoms with van der Waals surface area (Å²) in [5.41, 5.74) is 5.53. The lowest BCUT2D eigenvalue weighted by atomic mass is 9.83. The van der Waals surface area contributed by atoms with Crippen molar-refractivity contribution in [1.29, 1.82) is 0 Å². The van der Waals surface area contributed by atoms with E-state index in [1.807, 2.05) is 0 Å². The van der Waals surface area contributed by atoms with Crippen LogP contribution in [0.15, 0.2) is 0 Å². The van der Waals surface area contributed by atoms with Gasteiger partial charge in [-0.3, -0.25) is 0 Å². The van der Waals surface area contributed by atoms with Gasteiger partial charge in [0.25, 0.3) is 0 Å². The molecule has 130 valence electrons. The Morgan fingerprint density at radius 2 is 1.91 bits per heavy atom. The average molecular weight is 334 g/mol. The minimum absolute atomic E-state index is 0.0815. The zero-order valence-corrected chi connectivity index (χ0v) is 15.1. The van der Waals surface area contributed by atoms with Gasteiger partial charge in [-0.15, -0.1) is 0 Å². The van der Waals surface area contributed by atoms with Crippen molar-refractivity contribution < 1.29 is 17.9 Å². The summed E-state index contributed by atoms with van der Waals surface area (Å²) >= 11 is 0. The number of hydrogen-bond acceptors (Lipinski definition) is 5. The van der Waals surface area contributed by atoms with Gasteiger partial charge in [-0.05, 0) is 59.8 Å². The Hall–Kier alpha value is -0.820. The van der Waals surface area contributed by atoms with Crippen LogP contribution in [0.1, 0.15) is 53.9 Å². The summed E-state index contributed by atoms with van der Waals surface area (Å²) in [5.74, 6) is -0.0423. The van der Waals surface area contributed by atoms with Crippen LogP contribution in [-0.4, -0.2) is 43.2 Å². The van der Waals surface area contributed by atoms with E-state index < -0.39 is 26.8 Å². The molecule has 0 bridgehead atoms. The van der Waals surface area contributed by atoms with Crippen molar-refractivity contribution in [3.63, 3.8) is 0 Å². The summed E-state index contributed by atoms with van der Waals surface area (Å²) in [6.45, 7) is 8.78. The van der Waals surface area contributed by atoms with Gasteiger partial charge in [0.1, 0.15) is 5.60 Å². The van der Waals surface area contributed by atoms with Gasteiger partial charge in [-0.1, -0.05) is 0 Å². The number of rotatable bonds is 4. The van der Waals surface area contributed by atoms with Gasteiger partial charge in [0, 0.05) is 12.1 Å². The molecule has 0 aliphatic heterocycles. The summed E-state index contributed by atoms with van der Waals surface area (Å²) in [5, 5.41) is 2.43. The van der Waals surface area contributed by atoms with Crippen LogP contribution >= 0.6 is 0 Å². The molecule has 1 rings (SSSR count). The summed E-state index contributed by atoms with van der Waals surface area (Å²) < 4.78 is 29.4. The van der Waals surface area contributed by atoms with Crippen LogP contribution < -0.4 is 11.1 Å². The maximum absolute atomic E-state index is 12.1. The molecule has 0 aromatic heterocycles. The normalized spacial score (nSPS) is 26.8. The molecule has 7 heteroatoms. The van der Waals surface area contributed by atoms with E-state index in [0.717, 1.165) is 6.42 Å². The van der Waals surface area contributed by atoms with E-state index in [4.69, 9.17) is 10.5 Å². The van der Waals surface area contributed by atoms with Crippen LogP contribution in [0.2, 0.25) is 0 Å². The van der Waals surface area contributed by atoms with Crippen molar-refractivity contribution in [2.45, 2.75) is 76.8 Å². The Balaban J connectivity index is 2.62. The van der Waals surface area contributed by atoms with E-state index in [0.29, 0.717) is 12.8 Å². The third-order valence-electron chi connectivity index (χ3n) is 3.93. The molecular weight excluding hydrogens is 304 g/mol. The largest absolute Gasteiger partial charge is 0.444 e. The maximum Gasteiger partial charge on any atom is 0.407 e. The fourth-order valence-corrected chi connectivity index (χ4v) is 3.94. The topological polar surface area (TPSA) is 98.5 Å². The van der Waals surface area contributed by atoms with Gasteiger partial charge < -0.3 is 15.8 Å². The van der Waals surface area contributed by atoms with Crippen LogP contribution in [0, 0.1) is 5.92 Å². The van der Waals surface area contributed by atoms with E-state index in [2.05, 4.69) is 5.32 Å². The second kappa shape index (κ2) is 7.17. The number of hydrogen-bond donors (Lipinski definition) is 2. The Kier molecular flexibility index (Phi) is 6.27. The molecule has 1 fully saturated rings. The van der Waals surface area contributed by atoms with Crippen molar-refractivity contribution in [3.8, 4) is 0 Å². The lowest BCUT2D eigenvalue weighted by Crippen LogP contribution is -2.48. The summed E-state index contributed by atoms with van der Waals surface area (Å²) in [6.07, 6.45) is 1.57. The van der Waals surface area contributed by atoms with Gasteiger partial charge in [0.15, 0.2) is 9.84 Å². The molecule has 1 saturated carbocycles. The smallest absolute Gasteiger partial charge is 0.407 e. The number of alkyl carbamates (subject to hydrolysis) is 1. The van der Waals surface area contributed by atoms with Crippen molar-refractivity contribution in [2.24, 2.45) is 11.7 Å². The Morgan fingerprint density at radius 3 is 2.41 bits per heavy atom. The van der Waals surface area contributed by atoms with Gasteiger partial charge in [-0.25, -0.2) is 13.2 Å². The average Bonchev–Trinajstić information content (AvgIpc) is 2.30. The molecule has 6 nitrogen and oxygen atoms in total. The lowest BCUT2D eigenvalue weighted by molar-refractivity contribution is 0.0483. The second-order valence-corrected chi connectivity index (χ2v) is 10.1. The van der Waals surface area contributed by atoms with E-state index in [-0.39, 0.29) is 23.8 Å². The molecule has 1 aliphatic rings. The molecule has 0 aromatic rings. The minimum Gasteiger partial charge on any atom is -0.444 e. The molecule has 3 atom stereocenters. The highest BCUT2D eigenvalue weighted by Gasteiger charge is 2.33. The van der Waals surface area contributed by atoms with Crippen LogP contribution in [-0.2, 0) is 14.6 Å². The Morgan fingerprint density at radius 1 is 1.32 bits per heavy atom. The third-order valence-corrected chi connectivity index (χ3v) is 6.26. The van der Waals surface area contributed by atoms with Crippen molar-refractivity contribution in [3.05, 3.63) is 0 Å². The summed E-state index contributed by atoms with van der Waals surface area (Å²) in [4.78, 5) is 11.8. The molecule has 0 spiro atoms. The molecule has 0 aromatic carbocycles. The SMILES string of the molecule is CC(C)S(=O)(=O)C[C@@H]1C[C@H](NC(=O)OC(C)(C)C)CC[C@@H]1N. The zero-order valence-electron chi connectivity index (χ0n) is 14.3. The molecule has 0 heterocycles. The summed E-state index contributed by atoms with van der Waals surface area (Å²) in [6, 6.07) is -0.216. The number of sulfone groups is 1. The van der Waals surface area contributed by atoms with Crippen LogP contribution in [0.25, 0.3) is 0 Å². The summed E-state index contributed by atoms with van der Waals surface area (Å²) in [7, 11) is -3.14. The molecule has 0 radical (unpaired) electrons. The van der Waals surface area contributed by atoms with Crippen molar-refractivity contribution >= 4 is 15.9 Å². The Bertz CT molecular complexity index is 482. The standard InChI is InChI=1S/C15H30N2O4S/c1-10(2)22(19,20)9-11-8-12(6-7-13(11)16)17-14(18)21-15(3,4)5/h10-13H,6-9,16H2,1-5H3,(H,17,18)/t11-,12+,13-/m0/s1. The predicted molar refractivity (Wildman–Crippen MR) is 87.4 cm³/mol. The maximum atomic E-state index is 12.1. The van der Waals surface area contributed by atoms with E-state index in [1.165, 1.54) is 0 Å². The molecule has 0 saturated heterocycles. The van der Waals surface area contributed by atoms with E-state index >= 15 is 0 Å². The van der Waals surface area contributed by atoms with Crippen LogP contribution in [0.5, 0.6) is 0 Å². The van der Waals surface area contributed by atoms with Gasteiger partial charge in [-0.2, -0.15) is 0 Å². The zero-order chi connectivity index (χ0) is 17.1. The number of amides is 1. The van der Waals surface area contributed by atoms with Crippen molar-refractivity contribution in [2.75, 3.05) is 5.75 Å². The predicted octanol–water partition coefficient (Wildman–Crippen LogP) is 1.83. The van der Waals surface area contributed by atoms with Crippen LogP contribution in [0.4, 0.5) is 4.79 Å². The molecule has 1 amide bonds. The molecular formula is C15H30N2O4S. The number of nitrogens with two attached hydrogens (primary N) is 1. The number of nitrogens with one attached hydrogen (secondary N) is 1. The third kappa shape index (κ3) is 6.12. The highest BCUT2D eigenvalue weighted by molar-refractivity contribution is 7.91. The number of carbonyl (C=O) groups is 1. The van der Waals surface area contributed by atoms with Crippen molar-refractivity contribution in [1.82, 2.24) is 5.32 Å². The minimum atomic E-state index is -3.14. The molecule has 3 N–H and O–H groups in total. The van der Waals surface area contributed by atoms with Crippen LogP contribution in [0.3, 0.4) is 0 Å². The number of carbonyl (C=O) groups excluding carboxylic acids is 1. The van der Waals surface area contributed by atoms with E-state index in [1.54, 1.807) is 34.6 Å². The first-order chi connectivity index (χ1) is 9.90. The quantitative estimate of drug-likeness (QED) is 0.817. The van der Waals surface area contributed by atoms with E-state index in [9.17, 15) is 13.2 Å². The van der Waals surface area contributed by atoms with Gasteiger partial charge in [0.05, 0.1) is 11.0 Å². The van der Waals surface area contributed by atoms with Gasteiger partial charge in [0.2, 0.25) is 0 Å². The lowest BCUT2D eigenvalue weighted by Gasteiger charge is -2.35. The first-order valence-corrected chi connectivity index (χ1v) is 9.59. The highest BCUT2D eigenvalue weighted by atomic mass is 32.2. The molecule has 0 unspecified atom stereocenters. The monoisotopic (exact) mass is 334 g/mol.